The molecule has 4 heterocycles. The Morgan fingerprint density at radius 3 is 2.02 bits per heavy atom. The summed E-state index contributed by atoms with van der Waals surface area (Å²) < 4.78 is 5.05. The second-order valence-electron chi connectivity index (χ2n) is 13.8. The van der Waals surface area contributed by atoms with Gasteiger partial charge in [-0.2, -0.15) is 0 Å². The Balaban J connectivity index is 1.32. The van der Waals surface area contributed by atoms with Gasteiger partial charge < -0.3 is 13.9 Å². The second kappa shape index (κ2) is 9.55. The molecule has 230 valence electrons. The van der Waals surface area contributed by atoms with Crippen LogP contribution in [0.15, 0.2) is 170 Å². The summed E-state index contributed by atoms with van der Waals surface area (Å²) in [5, 5.41) is 8.83. The Hall–Kier alpha value is -6.52. The number of aromatic nitrogens is 2. The third kappa shape index (κ3) is 3.35. The number of para-hydroxylation sites is 3. The second-order valence-corrected chi connectivity index (χ2v) is 13.8. The van der Waals surface area contributed by atoms with Crippen LogP contribution < -0.4 is 15.8 Å². The van der Waals surface area contributed by atoms with Gasteiger partial charge in [0.1, 0.15) is 0 Å². The number of rotatable bonds is 2. The van der Waals surface area contributed by atoms with E-state index in [1.807, 2.05) is 0 Å². The van der Waals surface area contributed by atoms with Crippen LogP contribution in [0.3, 0.4) is 0 Å². The maximum Gasteiger partial charge on any atom is 0.333 e. The van der Waals surface area contributed by atoms with E-state index in [4.69, 9.17) is 0 Å². The first-order valence-corrected chi connectivity index (χ1v) is 17.4. The molecule has 0 saturated heterocycles. The van der Waals surface area contributed by atoms with E-state index in [9.17, 15) is 0 Å². The minimum absolute atomic E-state index is 0.0165. The number of fused-ring (bicyclic) bond motifs is 11. The van der Waals surface area contributed by atoms with Crippen molar-refractivity contribution in [3.05, 3.63) is 170 Å². The first-order chi connectivity index (χ1) is 24.8. The molecule has 0 N–H and O–H groups in total. The van der Waals surface area contributed by atoms with Crippen LogP contribution in [0.5, 0.6) is 0 Å². The van der Waals surface area contributed by atoms with Gasteiger partial charge in [0.25, 0.3) is 0 Å². The van der Waals surface area contributed by atoms with E-state index in [1.165, 1.54) is 87.7 Å². The van der Waals surface area contributed by atoms with Gasteiger partial charge in [-0.15, -0.1) is 0 Å². The lowest BCUT2D eigenvalue weighted by Gasteiger charge is -2.41. The Labute approximate surface area is 288 Å². The van der Waals surface area contributed by atoms with E-state index in [1.54, 1.807) is 0 Å². The van der Waals surface area contributed by atoms with Crippen LogP contribution in [0.25, 0.3) is 71.1 Å². The predicted octanol–water partition coefficient (Wildman–Crippen LogP) is 10.5. The van der Waals surface area contributed by atoms with E-state index >= 15 is 0 Å². The van der Waals surface area contributed by atoms with Crippen molar-refractivity contribution >= 4 is 89.1 Å². The van der Waals surface area contributed by atoms with Gasteiger partial charge in [-0.05, 0) is 86.6 Å². The summed E-state index contributed by atoms with van der Waals surface area (Å²) in [5.41, 5.74) is 13.9. The van der Waals surface area contributed by atoms with Gasteiger partial charge in [0, 0.05) is 56.0 Å². The molecule has 0 aliphatic carbocycles. The topological polar surface area (TPSA) is 13.1 Å². The average molecular weight is 634 g/mol. The summed E-state index contributed by atoms with van der Waals surface area (Å²) in [5.74, 6) is 0. The lowest BCUT2D eigenvalue weighted by atomic mass is 9.45. The van der Waals surface area contributed by atoms with Gasteiger partial charge in [-0.25, -0.2) is 0 Å². The highest BCUT2D eigenvalue weighted by atomic mass is 15.2. The first kappa shape index (κ1) is 26.4. The van der Waals surface area contributed by atoms with Crippen molar-refractivity contribution in [3.63, 3.8) is 0 Å². The lowest BCUT2D eigenvalue weighted by Crippen LogP contribution is -2.56. The highest BCUT2D eigenvalue weighted by Gasteiger charge is 2.44. The largest absolute Gasteiger partial charge is 0.375 e. The van der Waals surface area contributed by atoms with Crippen LogP contribution in [0.1, 0.15) is 0 Å². The molecule has 2 aromatic heterocycles. The van der Waals surface area contributed by atoms with Crippen molar-refractivity contribution in [2.75, 3.05) is 4.90 Å². The third-order valence-corrected chi connectivity index (χ3v) is 11.2. The predicted molar refractivity (Wildman–Crippen MR) is 212 cm³/mol. The third-order valence-electron chi connectivity index (χ3n) is 11.2. The zero-order valence-electron chi connectivity index (χ0n) is 27.1. The van der Waals surface area contributed by atoms with Crippen LogP contribution >= 0.6 is 0 Å². The SMILES string of the molecule is c1ccc(-n2ccc3cc4c5c(c32)N(c2ccc3ccccc3c2)c2cc3ccccc3cc2B5n2c3ccccc3c3cccc-4c32)cc1. The van der Waals surface area contributed by atoms with Crippen LogP contribution in [0, 0.1) is 0 Å². The minimum Gasteiger partial charge on any atom is -0.375 e. The van der Waals surface area contributed by atoms with Crippen molar-refractivity contribution < 1.29 is 0 Å². The number of hydrogen-bond acceptors (Lipinski definition) is 1. The van der Waals surface area contributed by atoms with E-state index in [0.717, 1.165) is 11.4 Å². The summed E-state index contributed by atoms with van der Waals surface area (Å²) >= 11 is 0. The Morgan fingerprint density at radius 1 is 0.440 bits per heavy atom. The highest BCUT2D eigenvalue weighted by Crippen LogP contribution is 2.49. The van der Waals surface area contributed by atoms with Crippen molar-refractivity contribution in [2.45, 2.75) is 0 Å². The van der Waals surface area contributed by atoms with Crippen LogP contribution in [0.2, 0.25) is 0 Å². The molecule has 0 unspecified atom stereocenters. The molecular formula is C46H28BN3. The van der Waals surface area contributed by atoms with E-state index < -0.39 is 0 Å². The van der Waals surface area contributed by atoms with Crippen molar-refractivity contribution in [1.29, 1.82) is 0 Å². The lowest BCUT2D eigenvalue weighted by molar-refractivity contribution is 1.12. The van der Waals surface area contributed by atoms with E-state index in [-0.39, 0.29) is 6.85 Å². The Bertz CT molecular complexity index is 3060. The summed E-state index contributed by atoms with van der Waals surface area (Å²) in [6.45, 7) is -0.0165. The molecule has 0 saturated carbocycles. The molecule has 2 aliphatic rings. The number of anilines is 3. The highest BCUT2D eigenvalue weighted by molar-refractivity contribution is 6.90. The van der Waals surface area contributed by atoms with Gasteiger partial charge in [0.2, 0.25) is 0 Å². The zero-order chi connectivity index (χ0) is 32.5. The number of hydrogen-bond donors (Lipinski definition) is 0. The monoisotopic (exact) mass is 633 g/mol. The quantitative estimate of drug-likeness (QED) is 0.173. The molecule has 0 spiro atoms. The van der Waals surface area contributed by atoms with E-state index in [2.05, 4.69) is 184 Å². The van der Waals surface area contributed by atoms with Crippen molar-refractivity contribution in [1.82, 2.24) is 9.05 Å². The zero-order valence-corrected chi connectivity index (χ0v) is 27.1. The smallest absolute Gasteiger partial charge is 0.333 e. The number of benzene rings is 8. The standard InChI is InChI=1S/C46H28BN3/c1-2-15-34(16-3-1)48-24-23-33-26-39-38-19-10-18-37-36-17-8-9-20-41(36)50(45(37)38)47-40-27-31-13-6-7-14-32(31)28-42(40)49(46(43(39)47)44(33)48)35-22-21-29-11-4-5-12-30(29)25-35/h1-28H. The fourth-order valence-corrected chi connectivity index (χ4v) is 9.16. The normalized spacial score (nSPS) is 13.1. The first-order valence-electron chi connectivity index (χ1n) is 17.4. The molecule has 8 aromatic carbocycles. The summed E-state index contributed by atoms with van der Waals surface area (Å²) in [6.07, 6.45) is 2.25. The fourth-order valence-electron chi connectivity index (χ4n) is 9.16. The van der Waals surface area contributed by atoms with Gasteiger partial charge in [0.15, 0.2) is 0 Å². The van der Waals surface area contributed by atoms with E-state index in [0.29, 0.717) is 0 Å². The minimum atomic E-state index is -0.0165. The molecule has 0 bridgehead atoms. The van der Waals surface area contributed by atoms with Gasteiger partial charge in [-0.1, -0.05) is 115 Å². The molecule has 3 nitrogen and oxygen atoms in total. The number of nitrogens with zero attached hydrogens (tertiary/aromatic N) is 3. The maximum absolute atomic E-state index is 2.65. The summed E-state index contributed by atoms with van der Waals surface area (Å²) in [7, 11) is 0. The van der Waals surface area contributed by atoms with Crippen molar-refractivity contribution in [2.24, 2.45) is 0 Å². The molecule has 12 rings (SSSR count). The fraction of sp³-hybridized carbons (Fsp3) is 0. The molecule has 10 aromatic rings. The van der Waals surface area contributed by atoms with Crippen LogP contribution in [-0.4, -0.2) is 15.9 Å². The summed E-state index contributed by atoms with van der Waals surface area (Å²) in [4.78, 5) is 2.57. The van der Waals surface area contributed by atoms with Gasteiger partial charge >= 0.3 is 6.85 Å². The van der Waals surface area contributed by atoms with Gasteiger partial charge in [-0.3, -0.25) is 0 Å². The average Bonchev–Trinajstić information content (AvgIpc) is 3.76. The summed E-state index contributed by atoms with van der Waals surface area (Å²) in [6, 6.07) is 60.8. The molecule has 50 heavy (non-hydrogen) atoms. The van der Waals surface area contributed by atoms with Gasteiger partial charge in [0.05, 0.1) is 11.2 Å². The molecule has 4 heteroatoms. The molecule has 0 fully saturated rings. The molecule has 0 atom stereocenters. The van der Waals surface area contributed by atoms with Crippen molar-refractivity contribution in [3.8, 4) is 16.8 Å². The molecular weight excluding hydrogens is 605 g/mol. The van der Waals surface area contributed by atoms with Crippen LogP contribution in [0.4, 0.5) is 17.1 Å². The molecule has 0 amide bonds. The Kier molecular flexibility index (Phi) is 5.05. The molecule has 2 aliphatic heterocycles. The molecule has 0 radical (unpaired) electrons. The Morgan fingerprint density at radius 2 is 1.16 bits per heavy atom. The maximum atomic E-state index is 2.65. The van der Waals surface area contributed by atoms with Crippen LogP contribution in [-0.2, 0) is 0 Å².